The van der Waals surface area contributed by atoms with Crippen molar-refractivity contribution in [3.8, 4) is 0 Å². The van der Waals surface area contributed by atoms with E-state index in [4.69, 9.17) is 5.10 Å². The number of hydrogen-bond donors (Lipinski definition) is 1. The Morgan fingerprint density at radius 2 is 1.95 bits per heavy atom. The molecule has 0 aliphatic heterocycles. The highest BCUT2D eigenvalue weighted by Gasteiger charge is 2.20. The molecule has 3 nitrogen and oxygen atoms in total. The largest absolute Gasteiger partial charge is 0.314 e. The van der Waals surface area contributed by atoms with Crippen LogP contribution >= 0.6 is 15.9 Å². The average Bonchev–Trinajstić information content (AvgIpc) is 2.76. The van der Waals surface area contributed by atoms with Crippen LogP contribution in [0.4, 0.5) is 0 Å². The lowest BCUT2D eigenvalue weighted by Gasteiger charge is -2.24. The highest BCUT2D eigenvalue weighted by atomic mass is 79.9. The van der Waals surface area contributed by atoms with Crippen molar-refractivity contribution < 1.29 is 0 Å². The molecular formula is C16H30BrN3. The molecule has 2 unspecified atom stereocenters. The predicted octanol–water partition coefficient (Wildman–Crippen LogP) is 4.18. The molecule has 0 amide bonds. The van der Waals surface area contributed by atoms with E-state index < -0.39 is 0 Å². The molecular weight excluding hydrogens is 314 g/mol. The van der Waals surface area contributed by atoms with Crippen LogP contribution in [0.1, 0.15) is 58.8 Å². The second-order valence-electron chi connectivity index (χ2n) is 5.53. The summed E-state index contributed by atoms with van der Waals surface area (Å²) in [7, 11) is 0. The van der Waals surface area contributed by atoms with E-state index in [-0.39, 0.29) is 0 Å². The van der Waals surface area contributed by atoms with Crippen molar-refractivity contribution in [1.82, 2.24) is 15.1 Å². The predicted molar refractivity (Wildman–Crippen MR) is 90.2 cm³/mol. The van der Waals surface area contributed by atoms with Crippen LogP contribution in [0.3, 0.4) is 0 Å². The van der Waals surface area contributed by atoms with Gasteiger partial charge in [0, 0.05) is 12.6 Å². The standard InChI is InChI=1S/C16H30BrN3/c1-6-10-18-13(7-2)12(5)11-15-16(17)14(8-3)19-20(15)9-4/h12-13,18H,6-11H2,1-5H3. The van der Waals surface area contributed by atoms with Gasteiger partial charge in [-0.1, -0.05) is 27.7 Å². The van der Waals surface area contributed by atoms with Gasteiger partial charge >= 0.3 is 0 Å². The second-order valence-corrected chi connectivity index (χ2v) is 6.32. The van der Waals surface area contributed by atoms with Crippen molar-refractivity contribution in [3.05, 3.63) is 15.9 Å². The third-order valence-electron chi connectivity index (χ3n) is 3.99. The van der Waals surface area contributed by atoms with E-state index >= 15 is 0 Å². The molecule has 0 saturated heterocycles. The summed E-state index contributed by atoms with van der Waals surface area (Å²) in [6, 6.07) is 0.590. The minimum atomic E-state index is 0.590. The number of rotatable bonds is 9. The first-order valence-electron chi connectivity index (χ1n) is 8.06. The van der Waals surface area contributed by atoms with Gasteiger partial charge in [0.05, 0.1) is 15.9 Å². The first-order valence-corrected chi connectivity index (χ1v) is 8.85. The number of nitrogens with one attached hydrogen (secondary N) is 1. The van der Waals surface area contributed by atoms with Crippen LogP contribution in [-0.2, 0) is 19.4 Å². The van der Waals surface area contributed by atoms with Crippen molar-refractivity contribution in [1.29, 1.82) is 0 Å². The van der Waals surface area contributed by atoms with Gasteiger partial charge in [0.15, 0.2) is 0 Å². The molecule has 0 saturated carbocycles. The Morgan fingerprint density at radius 3 is 2.45 bits per heavy atom. The van der Waals surface area contributed by atoms with Gasteiger partial charge in [0.2, 0.25) is 0 Å². The van der Waals surface area contributed by atoms with Gasteiger partial charge in [0.25, 0.3) is 0 Å². The first kappa shape index (κ1) is 17.7. The van der Waals surface area contributed by atoms with Crippen LogP contribution in [0.5, 0.6) is 0 Å². The number of aryl methyl sites for hydroxylation is 2. The molecule has 1 rings (SSSR count). The van der Waals surface area contributed by atoms with Gasteiger partial charge in [-0.25, -0.2) is 0 Å². The van der Waals surface area contributed by atoms with Crippen molar-refractivity contribution in [3.63, 3.8) is 0 Å². The van der Waals surface area contributed by atoms with Gasteiger partial charge in [-0.2, -0.15) is 5.10 Å². The van der Waals surface area contributed by atoms with Crippen LogP contribution in [0.15, 0.2) is 4.47 Å². The molecule has 4 heteroatoms. The first-order chi connectivity index (χ1) is 9.58. The molecule has 116 valence electrons. The molecule has 1 aromatic rings. The topological polar surface area (TPSA) is 29.9 Å². The average molecular weight is 344 g/mol. The van der Waals surface area contributed by atoms with E-state index in [1.165, 1.54) is 28.7 Å². The molecule has 0 aromatic carbocycles. The van der Waals surface area contributed by atoms with E-state index in [9.17, 15) is 0 Å². The Kier molecular flexibility index (Phi) is 7.82. The lowest BCUT2D eigenvalue weighted by molar-refractivity contribution is 0.357. The quantitative estimate of drug-likeness (QED) is 0.728. The molecule has 0 fully saturated rings. The Morgan fingerprint density at radius 1 is 1.25 bits per heavy atom. The Bertz CT molecular complexity index is 401. The Hall–Kier alpha value is -0.350. The smallest absolute Gasteiger partial charge is 0.0766 e. The summed E-state index contributed by atoms with van der Waals surface area (Å²) in [4.78, 5) is 0. The van der Waals surface area contributed by atoms with Crippen molar-refractivity contribution in [2.24, 2.45) is 5.92 Å². The van der Waals surface area contributed by atoms with Crippen LogP contribution in [0, 0.1) is 5.92 Å². The van der Waals surface area contributed by atoms with Gasteiger partial charge in [-0.15, -0.1) is 0 Å². The summed E-state index contributed by atoms with van der Waals surface area (Å²) in [6.07, 6.45) is 4.44. The maximum atomic E-state index is 4.70. The van der Waals surface area contributed by atoms with Gasteiger partial charge in [-0.05, 0) is 61.0 Å². The maximum Gasteiger partial charge on any atom is 0.0766 e. The minimum Gasteiger partial charge on any atom is -0.314 e. The number of aromatic nitrogens is 2. The van der Waals surface area contributed by atoms with Crippen molar-refractivity contribution in [2.45, 2.75) is 72.9 Å². The van der Waals surface area contributed by atoms with Crippen LogP contribution in [0.25, 0.3) is 0 Å². The molecule has 0 aliphatic carbocycles. The zero-order chi connectivity index (χ0) is 15.1. The second kappa shape index (κ2) is 8.83. The van der Waals surface area contributed by atoms with Crippen LogP contribution in [0.2, 0.25) is 0 Å². The summed E-state index contributed by atoms with van der Waals surface area (Å²) in [6.45, 7) is 13.2. The monoisotopic (exact) mass is 343 g/mol. The SMILES string of the molecule is CCCNC(CC)C(C)Cc1c(Br)c(CC)nn1CC. The number of halogens is 1. The maximum absolute atomic E-state index is 4.70. The number of hydrogen-bond acceptors (Lipinski definition) is 2. The van der Waals surface area contributed by atoms with E-state index in [0.29, 0.717) is 12.0 Å². The molecule has 0 spiro atoms. The lowest BCUT2D eigenvalue weighted by atomic mass is 9.94. The molecule has 0 bridgehead atoms. The van der Waals surface area contributed by atoms with Gasteiger partial charge in [-0.3, -0.25) is 4.68 Å². The molecule has 2 atom stereocenters. The van der Waals surface area contributed by atoms with Crippen molar-refractivity contribution >= 4 is 15.9 Å². The third-order valence-corrected chi connectivity index (χ3v) is 4.91. The lowest BCUT2D eigenvalue weighted by Crippen LogP contribution is -2.36. The molecule has 20 heavy (non-hydrogen) atoms. The summed E-state index contributed by atoms with van der Waals surface area (Å²) in [5.74, 6) is 0.620. The van der Waals surface area contributed by atoms with E-state index in [1.807, 2.05) is 0 Å². The summed E-state index contributed by atoms with van der Waals surface area (Å²) in [5, 5.41) is 8.37. The zero-order valence-corrected chi connectivity index (χ0v) is 15.3. The summed E-state index contributed by atoms with van der Waals surface area (Å²) in [5.41, 5.74) is 2.54. The van der Waals surface area contributed by atoms with Gasteiger partial charge in [0.1, 0.15) is 0 Å². The fraction of sp³-hybridized carbons (Fsp3) is 0.812. The Labute approximate surface area is 132 Å². The van der Waals surface area contributed by atoms with Crippen LogP contribution in [-0.4, -0.2) is 22.4 Å². The normalized spacial score (nSPS) is 14.5. The highest BCUT2D eigenvalue weighted by Crippen LogP contribution is 2.26. The summed E-state index contributed by atoms with van der Waals surface area (Å²) >= 11 is 3.75. The van der Waals surface area contributed by atoms with E-state index in [1.54, 1.807) is 0 Å². The van der Waals surface area contributed by atoms with E-state index in [0.717, 1.165) is 25.9 Å². The minimum absolute atomic E-state index is 0.590. The van der Waals surface area contributed by atoms with E-state index in [2.05, 4.69) is 60.5 Å². The van der Waals surface area contributed by atoms with Gasteiger partial charge < -0.3 is 5.32 Å². The Balaban J connectivity index is 2.82. The molecule has 1 N–H and O–H groups in total. The molecule has 1 aromatic heterocycles. The summed E-state index contributed by atoms with van der Waals surface area (Å²) < 4.78 is 3.38. The van der Waals surface area contributed by atoms with Crippen molar-refractivity contribution in [2.75, 3.05) is 6.54 Å². The van der Waals surface area contributed by atoms with Crippen LogP contribution < -0.4 is 5.32 Å². The molecule has 0 radical (unpaired) electrons. The fourth-order valence-corrected chi connectivity index (χ4v) is 3.46. The third kappa shape index (κ3) is 4.32. The zero-order valence-electron chi connectivity index (χ0n) is 13.7. The molecule has 0 aliphatic rings. The number of nitrogens with zero attached hydrogens (tertiary/aromatic N) is 2. The highest BCUT2D eigenvalue weighted by molar-refractivity contribution is 9.10. The molecule has 1 heterocycles. The fourth-order valence-electron chi connectivity index (χ4n) is 2.74.